The quantitative estimate of drug-likeness (QED) is 0.597. The number of carbonyl (C=O) groups is 1. The van der Waals surface area contributed by atoms with Crippen LogP contribution in [0.5, 0.6) is 0 Å². The van der Waals surface area contributed by atoms with Gasteiger partial charge in [0.15, 0.2) is 19.9 Å². The monoisotopic (exact) mass is 374 g/mol. The highest BCUT2D eigenvalue weighted by Gasteiger charge is 2.49. The van der Waals surface area contributed by atoms with Gasteiger partial charge in [0.25, 0.3) is 0 Å². The first kappa shape index (κ1) is 22.8. The molecule has 0 spiro atoms. The van der Waals surface area contributed by atoms with Gasteiger partial charge in [-0.15, -0.1) is 0 Å². The maximum Gasteiger partial charge on any atom is 0.192 e. The van der Waals surface area contributed by atoms with Crippen LogP contribution >= 0.6 is 0 Å². The number of ether oxygens (including phenoxy) is 3. The molecule has 1 heterocycles. The Morgan fingerprint density at radius 3 is 2.20 bits per heavy atom. The van der Waals surface area contributed by atoms with E-state index in [2.05, 4.69) is 33.9 Å². The zero-order chi connectivity index (χ0) is 19.6. The molecule has 1 saturated heterocycles. The molecule has 25 heavy (non-hydrogen) atoms. The molecular weight excluding hydrogens is 336 g/mol. The van der Waals surface area contributed by atoms with Gasteiger partial charge in [0, 0.05) is 13.5 Å². The van der Waals surface area contributed by atoms with Gasteiger partial charge >= 0.3 is 0 Å². The largest absolute Gasteiger partial charge is 0.414 e. The fourth-order valence-corrected chi connectivity index (χ4v) is 3.74. The van der Waals surface area contributed by atoms with Gasteiger partial charge in [0.05, 0.1) is 6.61 Å². The van der Waals surface area contributed by atoms with Crippen LogP contribution in [0.1, 0.15) is 54.9 Å². The lowest BCUT2D eigenvalue weighted by Crippen LogP contribution is -2.47. The first-order valence-electron chi connectivity index (χ1n) is 9.25. The summed E-state index contributed by atoms with van der Waals surface area (Å²) in [6, 6.07) is 0. The van der Waals surface area contributed by atoms with E-state index in [1.54, 1.807) is 7.11 Å². The van der Waals surface area contributed by atoms with Crippen molar-refractivity contribution < 1.29 is 23.4 Å². The molecule has 5 nitrogen and oxygen atoms in total. The standard InChI is InChI=1S/C19H38O5Si/c1-13(2)11-14(20)16(21-8)17-15(23-19(6,7)24-17)12-22-25(9,10)18(3,4)5/h13,15-17H,11-12H2,1-10H3/t15-,16-,17-/m0/s1. The van der Waals surface area contributed by atoms with Crippen molar-refractivity contribution in [2.75, 3.05) is 13.7 Å². The molecule has 0 radical (unpaired) electrons. The average molecular weight is 375 g/mol. The first-order chi connectivity index (χ1) is 11.2. The van der Waals surface area contributed by atoms with Crippen molar-refractivity contribution in [1.82, 2.24) is 0 Å². The second-order valence-electron chi connectivity index (χ2n) is 9.43. The number of ketones is 1. The van der Waals surface area contributed by atoms with Gasteiger partial charge in [-0.05, 0) is 37.9 Å². The zero-order valence-corrected chi connectivity index (χ0v) is 18.8. The molecule has 0 aromatic heterocycles. The van der Waals surface area contributed by atoms with Crippen LogP contribution in [-0.2, 0) is 23.4 Å². The number of hydrogen-bond donors (Lipinski definition) is 0. The summed E-state index contributed by atoms with van der Waals surface area (Å²) in [6.07, 6.45) is -0.924. The smallest absolute Gasteiger partial charge is 0.192 e. The molecule has 1 fully saturated rings. The van der Waals surface area contributed by atoms with Crippen molar-refractivity contribution in [3.05, 3.63) is 0 Å². The number of methoxy groups -OCH3 is 1. The molecule has 0 aromatic carbocycles. The van der Waals surface area contributed by atoms with Crippen molar-refractivity contribution in [2.24, 2.45) is 5.92 Å². The topological polar surface area (TPSA) is 54.0 Å². The molecular formula is C19H38O5Si. The fourth-order valence-electron chi connectivity index (χ4n) is 2.72. The lowest BCUT2D eigenvalue weighted by molar-refractivity contribution is -0.163. The Labute approximate surface area is 154 Å². The predicted octanol–water partition coefficient (Wildman–Crippen LogP) is 4.16. The van der Waals surface area contributed by atoms with E-state index in [0.29, 0.717) is 13.0 Å². The lowest BCUT2D eigenvalue weighted by Gasteiger charge is -2.37. The third-order valence-electron chi connectivity index (χ3n) is 5.12. The SMILES string of the molecule is CO[C@@H](C(=O)CC(C)C)[C@H]1OC(C)(C)O[C@H]1CO[Si](C)(C)C(C)(C)C. The van der Waals surface area contributed by atoms with Gasteiger partial charge in [-0.2, -0.15) is 0 Å². The van der Waals surface area contributed by atoms with Crippen molar-refractivity contribution in [1.29, 1.82) is 0 Å². The molecule has 0 aliphatic carbocycles. The molecule has 0 unspecified atom stereocenters. The van der Waals surface area contributed by atoms with Crippen LogP contribution in [0.3, 0.4) is 0 Å². The van der Waals surface area contributed by atoms with Crippen LogP contribution in [0.4, 0.5) is 0 Å². The molecule has 0 bridgehead atoms. The Hall–Kier alpha value is -0.273. The van der Waals surface area contributed by atoms with Gasteiger partial charge in [-0.25, -0.2) is 0 Å². The minimum absolute atomic E-state index is 0.0566. The zero-order valence-electron chi connectivity index (χ0n) is 17.8. The predicted molar refractivity (Wildman–Crippen MR) is 102 cm³/mol. The van der Waals surface area contributed by atoms with Gasteiger partial charge in [-0.3, -0.25) is 4.79 Å². The Bertz CT molecular complexity index is 453. The highest BCUT2D eigenvalue weighted by molar-refractivity contribution is 6.74. The van der Waals surface area contributed by atoms with E-state index in [-0.39, 0.29) is 22.8 Å². The van der Waals surface area contributed by atoms with E-state index in [0.717, 1.165) is 0 Å². The van der Waals surface area contributed by atoms with Crippen LogP contribution < -0.4 is 0 Å². The van der Waals surface area contributed by atoms with Crippen LogP contribution in [0.25, 0.3) is 0 Å². The molecule has 0 amide bonds. The molecule has 0 N–H and O–H groups in total. The first-order valence-corrected chi connectivity index (χ1v) is 12.2. The second kappa shape index (κ2) is 8.17. The van der Waals surface area contributed by atoms with E-state index in [4.69, 9.17) is 18.6 Å². The number of Topliss-reactive ketones (excluding diaryl/α,β-unsaturated/α-hetero) is 1. The number of hydrogen-bond acceptors (Lipinski definition) is 5. The van der Waals surface area contributed by atoms with E-state index in [9.17, 15) is 4.79 Å². The van der Waals surface area contributed by atoms with Crippen LogP contribution in [0, 0.1) is 5.92 Å². The fraction of sp³-hybridized carbons (Fsp3) is 0.947. The summed E-state index contributed by atoms with van der Waals surface area (Å²) in [6.45, 7) is 19.2. The molecule has 6 heteroatoms. The summed E-state index contributed by atoms with van der Waals surface area (Å²) in [7, 11) is -0.349. The molecule has 1 aliphatic rings. The minimum atomic E-state index is -1.91. The molecule has 3 atom stereocenters. The third kappa shape index (κ3) is 6.14. The summed E-state index contributed by atoms with van der Waals surface area (Å²) < 4.78 is 23.9. The summed E-state index contributed by atoms with van der Waals surface area (Å²) in [5, 5.41) is 0.117. The summed E-state index contributed by atoms with van der Waals surface area (Å²) in [5.41, 5.74) is 0. The summed E-state index contributed by atoms with van der Waals surface area (Å²) in [4.78, 5) is 12.6. The van der Waals surface area contributed by atoms with Gasteiger partial charge in [-0.1, -0.05) is 34.6 Å². The maximum atomic E-state index is 12.6. The summed E-state index contributed by atoms with van der Waals surface area (Å²) >= 11 is 0. The minimum Gasteiger partial charge on any atom is -0.414 e. The summed E-state index contributed by atoms with van der Waals surface area (Å²) in [5.74, 6) is -0.412. The normalized spacial score (nSPS) is 25.4. The van der Waals surface area contributed by atoms with Gasteiger partial charge in [0.2, 0.25) is 0 Å². The van der Waals surface area contributed by atoms with Crippen molar-refractivity contribution >= 4 is 14.1 Å². The number of carbonyl (C=O) groups excluding carboxylic acids is 1. The highest BCUT2D eigenvalue weighted by atomic mass is 28.4. The average Bonchev–Trinajstić information content (AvgIpc) is 2.70. The van der Waals surface area contributed by atoms with Crippen LogP contribution in [-0.4, -0.2) is 51.9 Å². The van der Waals surface area contributed by atoms with Crippen LogP contribution in [0.15, 0.2) is 0 Å². The molecule has 0 aromatic rings. The Morgan fingerprint density at radius 1 is 1.20 bits per heavy atom. The van der Waals surface area contributed by atoms with Crippen LogP contribution in [0.2, 0.25) is 18.1 Å². The molecule has 0 saturated carbocycles. The van der Waals surface area contributed by atoms with Gasteiger partial charge < -0.3 is 18.6 Å². The molecule has 148 valence electrons. The van der Waals surface area contributed by atoms with Gasteiger partial charge in [0.1, 0.15) is 18.3 Å². The van der Waals surface area contributed by atoms with Crippen molar-refractivity contribution in [2.45, 2.75) is 97.1 Å². The highest BCUT2D eigenvalue weighted by Crippen LogP contribution is 2.38. The lowest BCUT2D eigenvalue weighted by atomic mass is 9.97. The van der Waals surface area contributed by atoms with E-state index >= 15 is 0 Å². The maximum absolute atomic E-state index is 12.6. The second-order valence-corrected chi connectivity index (χ2v) is 14.2. The Balaban J connectivity index is 2.90. The van der Waals surface area contributed by atoms with E-state index < -0.39 is 26.3 Å². The Kier molecular flexibility index (Phi) is 7.44. The number of rotatable bonds is 8. The van der Waals surface area contributed by atoms with E-state index in [1.165, 1.54) is 0 Å². The Morgan fingerprint density at radius 2 is 1.76 bits per heavy atom. The third-order valence-corrected chi connectivity index (χ3v) is 9.62. The molecule has 1 rings (SSSR count). The van der Waals surface area contributed by atoms with E-state index in [1.807, 2.05) is 27.7 Å². The molecule has 1 aliphatic heterocycles. The van der Waals surface area contributed by atoms with Crippen molar-refractivity contribution in [3.63, 3.8) is 0 Å². The van der Waals surface area contributed by atoms with Crippen molar-refractivity contribution in [3.8, 4) is 0 Å².